The molecule has 1 fully saturated rings. The topological polar surface area (TPSA) is 70.1 Å². The summed E-state index contributed by atoms with van der Waals surface area (Å²) in [5.74, 6) is 0. The van der Waals surface area contributed by atoms with Crippen molar-refractivity contribution in [2.75, 3.05) is 4.90 Å². The molecule has 17 heavy (non-hydrogen) atoms. The normalized spacial score (nSPS) is 15.5. The standard InChI is InChI=1S/C13H15N3O/c14-9-10-5-7-12(8-6-10)16(13(15)17)11-3-1-2-4-11/h5-8,11H,1-4H2,(H2,15,17). The van der Waals surface area contributed by atoms with E-state index < -0.39 is 6.03 Å². The molecule has 0 spiro atoms. The van der Waals surface area contributed by atoms with Crippen molar-refractivity contribution in [3.63, 3.8) is 0 Å². The number of nitrogens with two attached hydrogens (primary N) is 1. The summed E-state index contributed by atoms with van der Waals surface area (Å²) in [5.41, 5.74) is 6.81. The Hall–Kier alpha value is -2.02. The number of benzene rings is 1. The molecule has 0 aromatic heterocycles. The van der Waals surface area contributed by atoms with E-state index in [1.807, 2.05) is 0 Å². The third kappa shape index (κ3) is 2.39. The monoisotopic (exact) mass is 229 g/mol. The van der Waals surface area contributed by atoms with Crippen molar-refractivity contribution in [1.82, 2.24) is 0 Å². The van der Waals surface area contributed by atoms with Gasteiger partial charge < -0.3 is 5.73 Å². The van der Waals surface area contributed by atoms with Crippen LogP contribution in [-0.4, -0.2) is 12.1 Å². The number of urea groups is 1. The number of carbonyl (C=O) groups is 1. The molecule has 88 valence electrons. The van der Waals surface area contributed by atoms with Gasteiger partial charge in [-0.1, -0.05) is 12.8 Å². The summed E-state index contributed by atoms with van der Waals surface area (Å²) in [5, 5.41) is 8.73. The molecule has 2 rings (SSSR count). The molecular formula is C13H15N3O. The van der Waals surface area contributed by atoms with E-state index in [0.29, 0.717) is 5.56 Å². The highest BCUT2D eigenvalue weighted by atomic mass is 16.2. The number of nitriles is 1. The molecule has 0 heterocycles. The molecule has 1 aromatic carbocycles. The van der Waals surface area contributed by atoms with Gasteiger partial charge in [0, 0.05) is 11.7 Å². The molecule has 2 N–H and O–H groups in total. The third-order valence-electron chi connectivity index (χ3n) is 3.20. The van der Waals surface area contributed by atoms with Crippen molar-refractivity contribution >= 4 is 11.7 Å². The van der Waals surface area contributed by atoms with Gasteiger partial charge in [-0.15, -0.1) is 0 Å². The number of anilines is 1. The Morgan fingerprint density at radius 2 is 1.88 bits per heavy atom. The molecule has 1 aliphatic carbocycles. The number of carbonyl (C=O) groups excluding carboxylic acids is 1. The Balaban J connectivity index is 2.26. The Labute approximate surface area is 101 Å². The molecule has 1 aliphatic rings. The Morgan fingerprint density at radius 3 is 2.35 bits per heavy atom. The van der Waals surface area contributed by atoms with Crippen LogP contribution in [0.15, 0.2) is 24.3 Å². The zero-order chi connectivity index (χ0) is 12.3. The van der Waals surface area contributed by atoms with Crippen molar-refractivity contribution in [2.24, 2.45) is 5.73 Å². The van der Waals surface area contributed by atoms with Crippen molar-refractivity contribution in [2.45, 2.75) is 31.7 Å². The predicted molar refractivity (Wildman–Crippen MR) is 65.5 cm³/mol. The SMILES string of the molecule is N#Cc1ccc(N(C(N)=O)C2CCCC2)cc1. The van der Waals surface area contributed by atoms with Crippen molar-refractivity contribution in [1.29, 1.82) is 5.26 Å². The molecular weight excluding hydrogens is 214 g/mol. The maximum absolute atomic E-state index is 11.5. The van der Waals surface area contributed by atoms with Gasteiger partial charge in [-0.3, -0.25) is 4.90 Å². The first kappa shape index (κ1) is 11.5. The van der Waals surface area contributed by atoms with Crippen molar-refractivity contribution < 1.29 is 4.79 Å². The molecule has 0 saturated heterocycles. The van der Waals surface area contributed by atoms with Crippen molar-refractivity contribution in [3.8, 4) is 6.07 Å². The van der Waals surface area contributed by atoms with Crippen LogP contribution in [0.25, 0.3) is 0 Å². The van der Waals surface area contributed by atoms with E-state index >= 15 is 0 Å². The maximum Gasteiger partial charge on any atom is 0.319 e. The van der Waals surface area contributed by atoms with Crippen LogP contribution < -0.4 is 10.6 Å². The molecule has 2 amide bonds. The van der Waals surface area contributed by atoms with E-state index in [4.69, 9.17) is 11.0 Å². The number of nitrogens with zero attached hydrogens (tertiary/aromatic N) is 2. The van der Waals surface area contributed by atoms with Gasteiger partial charge in [0.2, 0.25) is 0 Å². The summed E-state index contributed by atoms with van der Waals surface area (Å²) in [6.07, 6.45) is 4.29. The van der Waals surface area contributed by atoms with Gasteiger partial charge in [0.15, 0.2) is 0 Å². The minimum atomic E-state index is -0.415. The summed E-state index contributed by atoms with van der Waals surface area (Å²) in [6, 6.07) is 8.83. The van der Waals surface area contributed by atoms with Gasteiger partial charge in [0.25, 0.3) is 0 Å². The summed E-state index contributed by atoms with van der Waals surface area (Å²) < 4.78 is 0. The molecule has 0 unspecified atom stereocenters. The second kappa shape index (κ2) is 4.88. The molecule has 0 bridgehead atoms. The Kier molecular flexibility index (Phi) is 3.29. The predicted octanol–water partition coefficient (Wildman–Crippen LogP) is 2.39. The lowest BCUT2D eigenvalue weighted by atomic mass is 10.1. The van der Waals surface area contributed by atoms with Gasteiger partial charge in [-0.25, -0.2) is 4.79 Å². The number of primary amides is 1. The molecule has 4 nitrogen and oxygen atoms in total. The van der Waals surface area contributed by atoms with Gasteiger partial charge in [-0.05, 0) is 37.1 Å². The van der Waals surface area contributed by atoms with Gasteiger partial charge in [-0.2, -0.15) is 5.26 Å². The fourth-order valence-electron chi connectivity index (χ4n) is 2.38. The average molecular weight is 229 g/mol. The van der Waals surface area contributed by atoms with E-state index in [9.17, 15) is 4.79 Å². The van der Waals surface area contributed by atoms with E-state index in [1.54, 1.807) is 29.2 Å². The highest BCUT2D eigenvalue weighted by Gasteiger charge is 2.26. The minimum Gasteiger partial charge on any atom is -0.351 e. The van der Waals surface area contributed by atoms with E-state index in [-0.39, 0.29) is 6.04 Å². The van der Waals surface area contributed by atoms with Gasteiger partial charge in [0.05, 0.1) is 11.6 Å². The first-order chi connectivity index (χ1) is 8.22. The second-order valence-corrected chi connectivity index (χ2v) is 4.31. The van der Waals surface area contributed by atoms with E-state index in [0.717, 1.165) is 31.4 Å². The summed E-state index contributed by atoms with van der Waals surface area (Å²) >= 11 is 0. The summed E-state index contributed by atoms with van der Waals surface area (Å²) in [7, 11) is 0. The molecule has 0 aliphatic heterocycles. The van der Waals surface area contributed by atoms with Gasteiger partial charge >= 0.3 is 6.03 Å². The fourth-order valence-corrected chi connectivity index (χ4v) is 2.38. The largest absolute Gasteiger partial charge is 0.351 e. The number of hydrogen-bond acceptors (Lipinski definition) is 2. The maximum atomic E-state index is 11.5. The molecule has 0 radical (unpaired) electrons. The number of rotatable bonds is 2. The average Bonchev–Trinajstić information content (AvgIpc) is 2.83. The fraction of sp³-hybridized carbons (Fsp3) is 0.385. The van der Waals surface area contributed by atoms with Crippen LogP contribution in [-0.2, 0) is 0 Å². The highest BCUT2D eigenvalue weighted by molar-refractivity contribution is 5.91. The van der Waals surface area contributed by atoms with Gasteiger partial charge in [0.1, 0.15) is 0 Å². The minimum absolute atomic E-state index is 0.209. The molecule has 4 heteroatoms. The van der Waals surface area contributed by atoms with Crippen LogP contribution >= 0.6 is 0 Å². The Morgan fingerprint density at radius 1 is 1.29 bits per heavy atom. The summed E-state index contributed by atoms with van der Waals surface area (Å²) in [4.78, 5) is 13.2. The lowest BCUT2D eigenvalue weighted by Crippen LogP contribution is -2.42. The van der Waals surface area contributed by atoms with E-state index in [1.165, 1.54) is 0 Å². The third-order valence-corrected chi connectivity index (χ3v) is 3.20. The number of amides is 2. The quantitative estimate of drug-likeness (QED) is 0.845. The van der Waals surface area contributed by atoms with Crippen molar-refractivity contribution in [3.05, 3.63) is 29.8 Å². The van der Waals surface area contributed by atoms with Crippen LogP contribution in [0.4, 0.5) is 10.5 Å². The smallest absolute Gasteiger partial charge is 0.319 e. The van der Waals surface area contributed by atoms with Crippen LogP contribution in [0.3, 0.4) is 0 Å². The summed E-state index contributed by atoms with van der Waals surface area (Å²) in [6.45, 7) is 0. The second-order valence-electron chi connectivity index (χ2n) is 4.31. The highest BCUT2D eigenvalue weighted by Crippen LogP contribution is 2.28. The zero-order valence-electron chi connectivity index (χ0n) is 9.60. The molecule has 1 saturated carbocycles. The zero-order valence-corrected chi connectivity index (χ0v) is 9.60. The first-order valence-electron chi connectivity index (χ1n) is 5.81. The number of hydrogen-bond donors (Lipinski definition) is 1. The Bertz CT molecular complexity index is 441. The van der Waals surface area contributed by atoms with Crippen LogP contribution in [0, 0.1) is 11.3 Å². The first-order valence-corrected chi connectivity index (χ1v) is 5.81. The lowest BCUT2D eigenvalue weighted by Gasteiger charge is -2.27. The van der Waals surface area contributed by atoms with Crippen LogP contribution in [0.1, 0.15) is 31.2 Å². The lowest BCUT2D eigenvalue weighted by molar-refractivity contribution is 0.251. The molecule has 0 atom stereocenters. The van der Waals surface area contributed by atoms with E-state index in [2.05, 4.69) is 6.07 Å². The van der Waals surface area contributed by atoms with Crippen LogP contribution in [0.2, 0.25) is 0 Å². The molecule has 1 aromatic rings. The van der Waals surface area contributed by atoms with Crippen LogP contribution in [0.5, 0.6) is 0 Å².